The van der Waals surface area contributed by atoms with Crippen LogP contribution in [0.3, 0.4) is 0 Å². The molecule has 28 heavy (non-hydrogen) atoms. The number of hydrogen-bond acceptors (Lipinski definition) is 3. The molecule has 1 fully saturated rings. The maximum atomic E-state index is 12.5. The minimum absolute atomic E-state index is 0.183. The number of amides is 3. The Balaban J connectivity index is 1.57. The zero-order chi connectivity index (χ0) is 19.9. The number of carboxylic acid groups (broad SMARTS) is 1. The maximum Gasteiger partial charge on any atom is 0.323 e. The van der Waals surface area contributed by atoms with Crippen LogP contribution in [0.2, 0.25) is 0 Å². The van der Waals surface area contributed by atoms with E-state index in [0.29, 0.717) is 36.3 Å². The third-order valence-electron chi connectivity index (χ3n) is 4.81. The largest absolute Gasteiger partial charge is 0.481 e. The highest BCUT2D eigenvalue weighted by molar-refractivity contribution is 6.00. The van der Waals surface area contributed by atoms with Crippen LogP contribution in [0.25, 0.3) is 0 Å². The molecule has 2 aromatic rings. The SMILES string of the molecule is O=C(Nc1ccccc1)Nc1cccc(NC(=O)C2CCCC(C(=O)O)C2)c1. The number of hydrogen-bond donors (Lipinski definition) is 4. The molecule has 0 bridgehead atoms. The Morgan fingerprint density at radius 3 is 2.11 bits per heavy atom. The molecule has 3 rings (SSSR count). The summed E-state index contributed by atoms with van der Waals surface area (Å²) in [6.07, 6.45) is 2.40. The van der Waals surface area contributed by atoms with Crippen LogP contribution in [0.4, 0.5) is 21.9 Å². The summed E-state index contributed by atoms with van der Waals surface area (Å²) in [6, 6.07) is 15.5. The predicted octanol–water partition coefficient (Wildman–Crippen LogP) is 4.16. The summed E-state index contributed by atoms with van der Waals surface area (Å²) in [5.74, 6) is -1.79. The fraction of sp³-hybridized carbons (Fsp3) is 0.286. The molecule has 1 aliphatic rings. The van der Waals surface area contributed by atoms with Gasteiger partial charge in [-0.3, -0.25) is 9.59 Å². The summed E-state index contributed by atoms with van der Waals surface area (Å²) >= 11 is 0. The van der Waals surface area contributed by atoms with Gasteiger partial charge in [-0.1, -0.05) is 30.7 Å². The number of aliphatic carboxylic acids is 1. The van der Waals surface area contributed by atoms with Crippen LogP contribution in [-0.4, -0.2) is 23.0 Å². The Morgan fingerprint density at radius 1 is 0.786 bits per heavy atom. The molecule has 2 atom stereocenters. The topological polar surface area (TPSA) is 108 Å². The summed E-state index contributed by atoms with van der Waals surface area (Å²) < 4.78 is 0. The molecule has 0 aliphatic heterocycles. The van der Waals surface area contributed by atoms with E-state index in [1.54, 1.807) is 36.4 Å². The van der Waals surface area contributed by atoms with Crippen molar-refractivity contribution in [2.45, 2.75) is 25.7 Å². The van der Waals surface area contributed by atoms with Gasteiger partial charge >= 0.3 is 12.0 Å². The van der Waals surface area contributed by atoms with Crippen LogP contribution in [0.15, 0.2) is 54.6 Å². The number of carbonyl (C=O) groups is 3. The molecule has 4 N–H and O–H groups in total. The molecular weight excluding hydrogens is 358 g/mol. The summed E-state index contributed by atoms with van der Waals surface area (Å²) in [5.41, 5.74) is 1.77. The minimum Gasteiger partial charge on any atom is -0.481 e. The summed E-state index contributed by atoms with van der Waals surface area (Å²) in [6.45, 7) is 0. The highest BCUT2D eigenvalue weighted by atomic mass is 16.4. The van der Waals surface area contributed by atoms with Gasteiger partial charge in [0.15, 0.2) is 0 Å². The van der Waals surface area contributed by atoms with Gasteiger partial charge in [0.1, 0.15) is 0 Å². The van der Waals surface area contributed by atoms with Crippen molar-refractivity contribution in [3.8, 4) is 0 Å². The number of urea groups is 1. The van der Waals surface area contributed by atoms with Gasteiger partial charge in [-0.15, -0.1) is 0 Å². The number of para-hydroxylation sites is 1. The van der Waals surface area contributed by atoms with Crippen LogP contribution in [-0.2, 0) is 9.59 Å². The van der Waals surface area contributed by atoms with Gasteiger partial charge in [0.05, 0.1) is 5.92 Å². The smallest absolute Gasteiger partial charge is 0.323 e. The first-order chi connectivity index (χ1) is 13.5. The van der Waals surface area contributed by atoms with Crippen molar-refractivity contribution in [1.82, 2.24) is 0 Å². The molecule has 146 valence electrons. The van der Waals surface area contributed by atoms with Crippen LogP contribution in [0.1, 0.15) is 25.7 Å². The lowest BCUT2D eigenvalue weighted by Crippen LogP contribution is -2.31. The monoisotopic (exact) mass is 381 g/mol. The van der Waals surface area contributed by atoms with Crippen LogP contribution in [0, 0.1) is 11.8 Å². The predicted molar refractivity (Wildman–Crippen MR) is 107 cm³/mol. The van der Waals surface area contributed by atoms with E-state index in [4.69, 9.17) is 0 Å². The number of anilines is 3. The molecular formula is C21H23N3O4. The summed E-state index contributed by atoms with van der Waals surface area (Å²) in [4.78, 5) is 35.8. The molecule has 2 unspecified atom stereocenters. The highest BCUT2D eigenvalue weighted by Gasteiger charge is 2.31. The molecule has 7 nitrogen and oxygen atoms in total. The van der Waals surface area contributed by atoms with E-state index in [1.165, 1.54) is 0 Å². The van der Waals surface area contributed by atoms with Gasteiger partial charge in [-0.2, -0.15) is 0 Å². The number of benzene rings is 2. The molecule has 1 aliphatic carbocycles. The molecule has 0 radical (unpaired) electrons. The Morgan fingerprint density at radius 2 is 1.39 bits per heavy atom. The van der Waals surface area contributed by atoms with E-state index >= 15 is 0 Å². The van der Waals surface area contributed by atoms with Gasteiger partial charge in [0.25, 0.3) is 0 Å². The molecule has 0 heterocycles. The first-order valence-electron chi connectivity index (χ1n) is 9.28. The maximum absolute atomic E-state index is 12.5. The van der Waals surface area contributed by atoms with Crippen molar-refractivity contribution in [2.24, 2.45) is 11.8 Å². The van der Waals surface area contributed by atoms with Crippen molar-refractivity contribution in [3.63, 3.8) is 0 Å². The number of carboxylic acids is 1. The second kappa shape index (κ2) is 9.03. The molecule has 0 aromatic heterocycles. The van der Waals surface area contributed by atoms with Crippen LogP contribution < -0.4 is 16.0 Å². The summed E-state index contributed by atoms with van der Waals surface area (Å²) in [5, 5.41) is 17.5. The van der Waals surface area contributed by atoms with E-state index in [-0.39, 0.29) is 17.9 Å². The number of nitrogens with one attached hydrogen (secondary N) is 3. The fourth-order valence-corrected chi connectivity index (χ4v) is 3.39. The Kier molecular flexibility index (Phi) is 6.26. The zero-order valence-electron chi connectivity index (χ0n) is 15.4. The normalized spacial score (nSPS) is 18.7. The third kappa shape index (κ3) is 5.33. The summed E-state index contributed by atoms with van der Waals surface area (Å²) in [7, 11) is 0. The lowest BCUT2D eigenvalue weighted by molar-refractivity contribution is -0.143. The molecule has 3 amide bonds. The molecule has 0 saturated heterocycles. The van der Waals surface area contributed by atoms with Gasteiger partial charge in [0, 0.05) is 23.0 Å². The van der Waals surface area contributed by atoms with Crippen molar-refractivity contribution >= 4 is 35.0 Å². The van der Waals surface area contributed by atoms with Crippen molar-refractivity contribution < 1.29 is 19.5 Å². The molecule has 2 aromatic carbocycles. The average molecular weight is 381 g/mol. The van der Waals surface area contributed by atoms with Gasteiger partial charge in [-0.25, -0.2) is 4.79 Å². The Bertz CT molecular complexity index is 854. The van der Waals surface area contributed by atoms with E-state index in [1.807, 2.05) is 18.2 Å². The van der Waals surface area contributed by atoms with Crippen molar-refractivity contribution in [2.75, 3.05) is 16.0 Å². The van der Waals surface area contributed by atoms with Crippen LogP contribution >= 0.6 is 0 Å². The first-order valence-corrected chi connectivity index (χ1v) is 9.28. The quantitative estimate of drug-likeness (QED) is 0.624. The van der Waals surface area contributed by atoms with E-state index < -0.39 is 11.9 Å². The molecule has 7 heteroatoms. The standard InChI is InChI=1S/C21H23N3O4/c25-19(14-6-4-7-15(12-14)20(26)27)22-17-10-5-11-18(13-17)24-21(28)23-16-8-2-1-3-9-16/h1-3,5,8-11,13-15H,4,6-7,12H2,(H,22,25)(H,26,27)(H2,23,24,28). The van der Waals surface area contributed by atoms with Crippen molar-refractivity contribution in [1.29, 1.82) is 0 Å². The zero-order valence-corrected chi connectivity index (χ0v) is 15.4. The molecule has 0 spiro atoms. The number of carbonyl (C=O) groups excluding carboxylic acids is 2. The van der Waals surface area contributed by atoms with E-state index in [0.717, 1.165) is 6.42 Å². The van der Waals surface area contributed by atoms with E-state index in [9.17, 15) is 19.5 Å². The number of rotatable bonds is 5. The highest BCUT2D eigenvalue weighted by Crippen LogP contribution is 2.30. The van der Waals surface area contributed by atoms with E-state index in [2.05, 4.69) is 16.0 Å². The lowest BCUT2D eigenvalue weighted by atomic mass is 9.81. The Hall–Kier alpha value is -3.35. The van der Waals surface area contributed by atoms with Gasteiger partial charge in [-0.05, 0) is 49.6 Å². The third-order valence-corrected chi connectivity index (χ3v) is 4.81. The van der Waals surface area contributed by atoms with Crippen LogP contribution in [0.5, 0.6) is 0 Å². The van der Waals surface area contributed by atoms with Gasteiger partial charge in [0.2, 0.25) is 5.91 Å². The van der Waals surface area contributed by atoms with Gasteiger partial charge < -0.3 is 21.1 Å². The Labute approximate surface area is 163 Å². The average Bonchev–Trinajstić information content (AvgIpc) is 2.69. The van der Waals surface area contributed by atoms with Crippen molar-refractivity contribution in [3.05, 3.63) is 54.6 Å². The second-order valence-electron chi connectivity index (χ2n) is 6.91. The molecule has 1 saturated carbocycles. The minimum atomic E-state index is -0.840. The second-order valence-corrected chi connectivity index (χ2v) is 6.91. The lowest BCUT2D eigenvalue weighted by Gasteiger charge is -2.25. The fourth-order valence-electron chi connectivity index (χ4n) is 3.39. The first kappa shape index (κ1) is 19.4.